The zero-order chi connectivity index (χ0) is 18.5. The van der Waals surface area contributed by atoms with E-state index >= 15 is 0 Å². The largest absolute Gasteiger partial charge is 0.264 e. The number of rotatable bonds is 2. The third kappa shape index (κ3) is 2.70. The third-order valence-corrected chi connectivity index (χ3v) is 9.02. The number of nitrogens with zero attached hydrogens (tertiary/aromatic N) is 1. The van der Waals surface area contributed by atoms with E-state index in [9.17, 15) is 12.8 Å². The van der Waals surface area contributed by atoms with E-state index in [0.29, 0.717) is 0 Å². The van der Waals surface area contributed by atoms with E-state index in [4.69, 9.17) is 0 Å². The Hall–Kier alpha value is -1.05. The van der Waals surface area contributed by atoms with Crippen LogP contribution in [-0.2, 0) is 15.4 Å². The van der Waals surface area contributed by atoms with Gasteiger partial charge in [0.05, 0.1) is 16.6 Å². The molecule has 1 saturated heterocycles. The Morgan fingerprint density at radius 1 is 1.15 bits per heavy atom. The quantitative estimate of drug-likeness (QED) is 0.642. The maximum absolute atomic E-state index is 13.4. The van der Waals surface area contributed by atoms with Crippen LogP contribution in [0.5, 0.6) is 0 Å². The summed E-state index contributed by atoms with van der Waals surface area (Å²) in [6, 6.07) is 10.7. The van der Waals surface area contributed by atoms with Crippen molar-refractivity contribution in [1.29, 1.82) is 0 Å². The van der Waals surface area contributed by atoms with E-state index in [1.165, 1.54) is 24.3 Å². The lowest BCUT2D eigenvalue weighted by Gasteiger charge is -2.39. The molecule has 0 bridgehead atoms. The van der Waals surface area contributed by atoms with Gasteiger partial charge < -0.3 is 0 Å². The number of hydrogen-bond acceptors (Lipinski definition) is 3. The van der Waals surface area contributed by atoms with Gasteiger partial charge >= 0.3 is 0 Å². The minimum atomic E-state index is -3.76. The van der Waals surface area contributed by atoms with Crippen LogP contribution in [0.15, 0.2) is 51.8 Å². The summed E-state index contributed by atoms with van der Waals surface area (Å²) in [5, 5.41) is 0. The van der Waals surface area contributed by atoms with Crippen molar-refractivity contribution < 1.29 is 12.8 Å². The van der Waals surface area contributed by atoms with Gasteiger partial charge in [0.2, 0.25) is 0 Å². The summed E-state index contributed by atoms with van der Waals surface area (Å²) in [7, 11) is -3.76. The lowest BCUT2D eigenvalue weighted by Crippen LogP contribution is -2.47. The monoisotopic (exact) mass is 455 g/mol. The number of benzene rings is 2. The van der Waals surface area contributed by atoms with Crippen LogP contribution in [-0.4, -0.2) is 26.0 Å². The standard InChI is InChI=1S/C19H19BrFNO2S2/c1-13-19(8-10-25-11-9-19)17-12-14(20)2-7-18(17)22(13)26(23,24)16-5-3-15(21)4-6-16/h2-7,12-13H,8-11H2,1H3. The van der Waals surface area contributed by atoms with Gasteiger partial charge in [0, 0.05) is 9.89 Å². The number of halogens is 2. The van der Waals surface area contributed by atoms with Gasteiger partial charge in [-0.15, -0.1) is 0 Å². The van der Waals surface area contributed by atoms with Crippen molar-refractivity contribution in [2.24, 2.45) is 0 Å². The molecule has 0 radical (unpaired) electrons. The summed E-state index contributed by atoms with van der Waals surface area (Å²) in [5.41, 5.74) is 1.68. The van der Waals surface area contributed by atoms with Crippen LogP contribution in [0.3, 0.4) is 0 Å². The van der Waals surface area contributed by atoms with Gasteiger partial charge in [-0.25, -0.2) is 12.8 Å². The SMILES string of the molecule is CC1N(S(=O)(=O)c2ccc(F)cc2)c2ccc(Br)cc2C12CCSCC2. The second kappa shape index (κ2) is 6.53. The Kier molecular flexibility index (Phi) is 4.60. The number of hydrogen-bond donors (Lipinski definition) is 0. The zero-order valence-electron chi connectivity index (χ0n) is 14.3. The first-order valence-electron chi connectivity index (χ1n) is 8.54. The smallest absolute Gasteiger partial charge is 0.262 e. The Labute approximate surface area is 166 Å². The molecule has 0 N–H and O–H groups in total. The molecule has 0 amide bonds. The van der Waals surface area contributed by atoms with Gasteiger partial charge in [-0.2, -0.15) is 11.8 Å². The van der Waals surface area contributed by atoms with Crippen molar-refractivity contribution in [3.63, 3.8) is 0 Å². The molecule has 2 aromatic rings. The number of thioether (sulfide) groups is 1. The number of fused-ring (bicyclic) bond motifs is 2. The minimum absolute atomic E-state index is 0.127. The van der Waals surface area contributed by atoms with E-state index in [1.807, 2.05) is 30.8 Å². The van der Waals surface area contributed by atoms with E-state index in [2.05, 4.69) is 22.0 Å². The molecule has 1 fully saturated rings. The highest BCUT2D eigenvalue weighted by Gasteiger charge is 2.52. The Morgan fingerprint density at radius 2 is 1.81 bits per heavy atom. The molecule has 3 nitrogen and oxygen atoms in total. The lowest BCUT2D eigenvalue weighted by atomic mass is 9.73. The molecular weight excluding hydrogens is 437 g/mol. The van der Waals surface area contributed by atoms with Crippen LogP contribution < -0.4 is 4.31 Å². The molecule has 1 spiro atoms. The van der Waals surface area contributed by atoms with E-state index in [-0.39, 0.29) is 16.4 Å². The molecule has 0 aromatic heterocycles. The van der Waals surface area contributed by atoms with Gasteiger partial charge in [-0.1, -0.05) is 15.9 Å². The molecule has 4 rings (SSSR count). The molecule has 1 atom stereocenters. The van der Waals surface area contributed by atoms with Crippen molar-refractivity contribution in [2.75, 3.05) is 15.8 Å². The first-order valence-corrected chi connectivity index (χ1v) is 11.9. The molecule has 138 valence electrons. The minimum Gasteiger partial charge on any atom is -0.262 e. The fourth-order valence-electron chi connectivity index (χ4n) is 4.24. The highest BCUT2D eigenvalue weighted by atomic mass is 79.9. The molecule has 2 aliphatic heterocycles. The molecule has 2 heterocycles. The van der Waals surface area contributed by atoms with Crippen LogP contribution >= 0.6 is 27.7 Å². The van der Waals surface area contributed by atoms with Crippen molar-refractivity contribution in [3.8, 4) is 0 Å². The molecule has 0 saturated carbocycles. The van der Waals surface area contributed by atoms with E-state index in [0.717, 1.165) is 40.1 Å². The Balaban J connectivity index is 1.89. The first kappa shape index (κ1) is 18.3. The van der Waals surface area contributed by atoms with Crippen LogP contribution in [0, 0.1) is 5.82 Å². The lowest BCUT2D eigenvalue weighted by molar-refractivity contribution is 0.356. The fourth-order valence-corrected chi connectivity index (χ4v) is 7.56. The molecule has 0 aliphatic carbocycles. The average molecular weight is 456 g/mol. The summed E-state index contributed by atoms with van der Waals surface area (Å²) in [6.07, 6.45) is 1.91. The normalized spacial score (nSPS) is 21.8. The average Bonchev–Trinajstić information content (AvgIpc) is 2.85. The van der Waals surface area contributed by atoms with Gasteiger partial charge in [-0.05, 0) is 79.3 Å². The highest BCUT2D eigenvalue weighted by Crippen LogP contribution is 2.54. The molecule has 1 unspecified atom stereocenters. The van der Waals surface area contributed by atoms with Gasteiger partial charge in [0.1, 0.15) is 5.82 Å². The first-order chi connectivity index (χ1) is 12.4. The second-order valence-electron chi connectivity index (χ2n) is 6.86. The summed E-state index contributed by atoms with van der Waals surface area (Å²) in [6.45, 7) is 2.00. The topological polar surface area (TPSA) is 37.4 Å². The van der Waals surface area contributed by atoms with Crippen LogP contribution in [0.1, 0.15) is 25.3 Å². The molecule has 2 aromatic carbocycles. The van der Waals surface area contributed by atoms with Crippen molar-refractivity contribution >= 4 is 43.4 Å². The summed E-state index contributed by atoms with van der Waals surface area (Å²) < 4.78 is 42.6. The number of anilines is 1. The Bertz CT molecular complexity index is 941. The van der Waals surface area contributed by atoms with Crippen LogP contribution in [0.4, 0.5) is 10.1 Å². The predicted octanol–water partition coefficient (Wildman–Crippen LogP) is 4.95. The van der Waals surface area contributed by atoms with Crippen LogP contribution in [0.25, 0.3) is 0 Å². The van der Waals surface area contributed by atoms with Crippen LogP contribution in [0.2, 0.25) is 0 Å². The highest BCUT2D eigenvalue weighted by molar-refractivity contribution is 9.10. The zero-order valence-corrected chi connectivity index (χ0v) is 17.5. The third-order valence-electron chi connectivity index (χ3n) is 5.64. The molecule has 26 heavy (non-hydrogen) atoms. The van der Waals surface area contributed by atoms with Gasteiger partial charge in [0.15, 0.2) is 0 Å². The van der Waals surface area contributed by atoms with Crippen molar-refractivity contribution in [3.05, 3.63) is 58.3 Å². The maximum atomic E-state index is 13.4. The van der Waals surface area contributed by atoms with Crippen molar-refractivity contribution in [2.45, 2.75) is 36.1 Å². The summed E-state index contributed by atoms with van der Waals surface area (Å²) in [5.74, 6) is 1.62. The van der Waals surface area contributed by atoms with Gasteiger partial charge in [0.25, 0.3) is 10.0 Å². The Morgan fingerprint density at radius 3 is 2.46 bits per heavy atom. The predicted molar refractivity (Wildman–Crippen MR) is 108 cm³/mol. The van der Waals surface area contributed by atoms with E-state index < -0.39 is 15.8 Å². The fraction of sp³-hybridized carbons (Fsp3) is 0.368. The maximum Gasteiger partial charge on any atom is 0.264 e. The molecule has 2 aliphatic rings. The summed E-state index contributed by atoms with van der Waals surface area (Å²) in [4.78, 5) is 0.127. The number of sulfonamides is 1. The van der Waals surface area contributed by atoms with E-state index in [1.54, 1.807) is 4.31 Å². The summed E-state index contributed by atoms with van der Waals surface area (Å²) >= 11 is 5.47. The second-order valence-corrected chi connectivity index (χ2v) is 10.8. The van der Waals surface area contributed by atoms with Crippen molar-refractivity contribution in [1.82, 2.24) is 0 Å². The van der Waals surface area contributed by atoms with Gasteiger partial charge in [-0.3, -0.25) is 4.31 Å². The molecular formula is C19H19BrFNO2S2. The molecule has 7 heteroatoms.